The minimum Gasteiger partial charge on any atom is -0.334 e. The number of rotatable bonds is 1. The lowest BCUT2D eigenvalue weighted by Crippen LogP contribution is -2.37. The standard InChI is InChI=1S/C13H18N2O/c1-10-6-5-7-12(14-10)13-8-3-4-9-15(13)11(2)16/h5-7,13H,3-4,8-9H2,1-2H3. The number of amides is 1. The molecule has 1 aliphatic heterocycles. The van der Waals surface area contributed by atoms with Gasteiger partial charge in [0, 0.05) is 19.2 Å². The van der Waals surface area contributed by atoms with E-state index in [2.05, 4.69) is 4.98 Å². The lowest BCUT2D eigenvalue weighted by molar-refractivity contribution is -0.132. The number of likely N-dealkylation sites (tertiary alicyclic amines) is 1. The van der Waals surface area contributed by atoms with Gasteiger partial charge in [-0.25, -0.2) is 0 Å². The van der Waals surface area contributed by atoms with Crippen molar-refractivity contribution in [3.05, 3.63) is 29.6 Å². The van der Waals surface area contributed by atoms with E-state index in [1.54, 1.807) is 6.92 Å². The smallest absolute Gasteiger partial charge is 0.220 e. The highest BCUT2D eigenvalue weighted by Crippen LogP contribution is 2.29. The Morgan fingerprint density at radius 2 is 2.25 bits per heavy atom. The third-order valence-corrected chi connectivity index (χ3v) is 3.16. The Morgan fingerprint density at radius 1 is 1.44 bits per heavy atom. The van der Waals surface area contributed by atoms with Crippen LogP contribution in [0, 0.1) is 6.92 Å². The summed E-state index contributed by atoms with van der Waals surface area (Å²) in [6.07, 6.45) is 3.34. The number of hydrogen-bond acceptors (Lipinski definition) is 2. The molecule has 86 valence electrons. The van der Waals surface area contributed by atoms with Gasteiger partial charge in [-0.15, -0.1) is 0 Å². The van der Waals surface area contributed by atoms with Gasteiger partial charge in [-0.05, 0) is 38.3 Å². The first-order valence-corrected chi connectivity index (χ1v) is 5.89. The van der Waals surface area contributed by atoms with Crippen LogP contribution >= 0.6 is 0 Å². The van der Waals surface area contributed by atoms with E-state index >= 15 is 0 Å². The molecule has 2 heterocycles. The van der Waals surface area contributed by atoms with Gasteiger partial charge >= 0.3 is 0 Å². The zero-order valence-electron chi connectivity index (χ0n) is 9.94. The van der Waals surface area contributed by atoms with Crippen molar-refractivity contribution in [2.45, 2.75) is 39.2 Å². The molecule has 1 atom stereocenters. The highest BCUT2D eigenvalue weighted by molar-refractivity contribution is 5.73. The maximum atomic E-state index is 11.6. The van der Waals surface area contributed by atoms with E-state index in [4.69, 9.17) is 0 Å². The molecule has 0 saturated carbocycles. The number of carbonyl (C=O) groups excluding carboxylic acids is 1. The zero-order chi connectivity index (χ0) is 11.5. The molecule has 1 saturated heterocycles. The maximum Gasteiger partial charge on any atom is 0.220 e. The fourth-order valence-electron chi connectivity index (χ4n) is 2.37. The van der Waals surface area contributed by atoms with Crippen LogP contribution in [0.15, 0.2) is 18.2 Å². The predicted octanol–water partition coefficient (Wildman–Crippen LogP) is 2.46. The lowest BCUT2D eigenvalue weighted by atomic mass is 9.98. The van der Waals surface area contributed by atoms with Gasteiger partial charge in [-0.2, -0.15) is 0 Å². The fourth-order valence-corrected chi connectivity index (χ4v) is 2.37. The Bertz CT molecular complexity index is 389. The van der Waals surface area contributed by atoms with E-state index in [0.29, 0.717) is 0 Å². The van der Waals surface area contributed by atoms with Crippen LogP contribution < -0.4 is 0 Å². The van der Waals surface area contributed by atoms with E-state index in [0.717, 1.165) is 30.8 Å². The fraction of sp³-hybridized carbons (Fsp3) is 0.538. The molecule has 0 aliphatic carbocycles. The molecule has 0 N–H and O–H groups in total. The summed E-state index contributed by atoms with van der Waals surface area (Å²) in [4.78, 5) is 18.1. The molecule has 3 nitrogen and oxygen atoms in total. The number of pyridine rings is 1. The Hall–Kier alpha value is -1.38. The average Bonchev–Trinajstić information content (AvgIpc) is 2.29. The normalized spacial score (nSPS) is 20.9. The minimum atomic E-state index is 0.160. The molecule has 1 amide bonds. The maximum absolute atomic E-state index is 11.6. The molecular weight excluding hydrogens is 200 g/mol. The predicted molar refractivity (Wildman–Crippen MR) is 63.0 cm³/mol. The third-order valence-electron chi connectivity index (χ3n) is 3.16. The molecule has 1 aromatic heterocycles. The van der Waals surface area contributed by atoms with E-state index in [1.165, 1.54) is 6.42 Å². The SMILES string of the molecule is CC(=O)N1CCCCC1c1cccc(C)n1. The van der Waals surface area contributed by atoms with Crippen molar-refractivity contribution in [2.75, 3.05) is 6.54 Å². The summed E-state index contributed by atoms with van der Waals surface area (Å²) in [5.74, 6) is 0.160. The quantitative estimate of drug-likeness (QED) is 0.725. The molecule has 0 spiro atoms. The lowest BCUT2D eigenvalue weighted by Gasteiger charge is -2.34. The van der Waals surface area contributed by atoms with Crippen LogP contribution in [0.1, 0.15) is 43.6 Å². The number of aryl methyl sites for hydroxylation is 1. The number of hydrogen-bond donors (Lipinski definition) is 0. The molecule has 1 aromatic rings. The first-order chi connectivity index (χ1) is 7.68. The summed E-state index contributed by atoms with van der Waals surface area (Å²) in [7, 11) is 0. The van der Waals surface area contributed by atoms with Crippen molar-refractivity contribution in [3.8, 4) is 0 Å². The highest BCUT2D eigenvalue weighted by atomic mass is 16.2. The summed E-state index contributed by atoms with van der Waals surface area (Å²) >= 11 is 0. The zero-order valence-corrected chi connectivity index (χ0v) is 9.94. The first-order valence-electron chi connectivity index (χ1n) is 5.89. The third kappa shape index (κ3) is 2.23. The van der Waals surface area contributed by atoms with Gasteiger partial charge in [-0.3, -0.25) is 9.78 Å². The van der Waals surface area contributed by atoms with E-state index in [1.807, 2.05) is 30.0 Å². The molecule has 0 radical (unpaired) electrons. The van der Waals surface area contributed by atoms with Gasteiger partial charge in [0.25, 0.3) is 0 Å². The number of aromatic nitrogens is 1. The van der Waals surface area contributed by atoms with Crippen LogP contribution in [-0.2, 0) is 4.79 Å². The summed E-state index contributed by atoms with van der Waals surface area (Å²) in [5.41, 5.74) is 2.06. The summed E-state index contributed by atoms with van der Waals surface area (Å²) in [6.45, 7) is 4.51. The average molecular weight is 218 g/mol. The minimum absolute atomic E-state index is 0.160. The molecule has 1 fully saturated rings. The van der Waals surface area contributed by atoms with Crippen molar-refractivity contribution < 1.29 is 4.79 Å². The van der Waals surface area contributed by atoms with E-state index < -0.39 is 0 Å². The van der Waals surface area contributed by atoms with Gasteiger partial charge in [0.15, 0.2) is 0 Å². The van der Waals surface area contributed by atoms with E-state index in [9.17, 15) is 4.79 Å². The second-order valence-corrected chi connectivity index (χ2v) is 4.43. The second-order valence-electron chi connectivity index (χ2n) is 4.43. The van der Waals surface area contributed by atoms with Gasteiger partial charge in [0.2, 0.25) is 5.91 Å². The Balaban J connectivity index is 2.26. The molecule has 16 heavy (non-hydrogen) atoms. The molecule has 1 aliphatic rings. The molecule has 0 bridgehead atoms. The van der Waals surface area contributed by atoms with Crippen molar-refractivity contribution >= 4 is 5.91 Å². The van der Waals surface area contributed by atoms with Crippen LogP contribution in [0.5, 0.6) is 0 Å². The van der Waals surface area contributed by atoms with Crippen LogP contribution in [0.4, 0.5) is 0 Å². The molecule has 0 aromatic carbocycles. The Morgan fingerprint density at radius 3 is 2.94 bits per heavy atom. The first kappa shape index (κ1) is 11.1. The number of carbonyl (C=O) groups is 1. The van der Waals surface area contributed by atoms with Crippen LogP contribution in [0.3, 0.4) is 0 Å². The van der Waals surface area contributed by atoms with Crippen molar-refractivity contribution in [2.24, 2.45) is 0 Å². The Kier molecular flexibility index (Phi) is 3.22. The second kappa shape index (κ2) is 4.64. The number of piperidine rings is 1. The highest BCUT2D eigenvalue weighted by Gasteiger charge is 2.26. The van der Waals surface area contributed by atoms with Crippen molar-refractivity contribution in [1.82, 2.24) is 9.88 Å². The van der Waals surface area contributed by atoms with Gasteiger partial charge in [0.1, 0.15) is 0 Å². The summed E-state index contributed by atoms with van der Waals surface area (Å²) in [5, 5.41) is 0. The monoisotopic (exact) mass is 218 g/mol. The van der Waals surface area contributed by atoms with Gasteiger partial charge in [0.05, 0.1) is 11.7 Å². The van der Waals surface area contributed by atoms with E-state index in [-0.39, 0.29) is 11.9 Å². The van der Waals surface area contributed by atoms with Crippen LogP contribution in [0.2, 0.25) is 0 Å². The van der Waals surface area contributed by atoms with Crippen molar-refractivity contribution in [1.29, 1.82) is 0 Å². The largest absolute Gasteiger partial charge is 0.334 e. The molecular formula is C13H18N2O. The summed E-state index contributed by atoms with van der Waals surface area (Å²) in [6, 6.07) is 6.22. The topological polar surface area (TPSA) is 33.2 Å². The van der Waals surface area contributed by atoms with Crippen molar-refractivity contribution in [3.63, 3.8) is 0 Å². The number of nitrogens with zero attached hydrogens (tertiary/aromatic N) is 2. The van der Waals surface area contributed by atoms with Crippen LogP contribution in [0.25, 0.3) is 0 Å². The Labute approximate surface area is 96.5 Å². The van der Waals surface area contributed by atoms with Crippen LogP contribution in [-0.4, -0.2) is 22.3 Å². The van der Waals surface area contributed by atoms with Gasteiger partial charge in [-0.1, -0.05) is 6.07 Å². The molecule has 2 rings (SSSR count). The van der Waals surface area contributed by atoms with Gasteiger partial charge < -0.3 is 4.90 Å². The summed E-state index contributed by atoms with van der Waals surface area (Å²) < 4.78 is 0. The molecule has 1 unspecified atom stereocenters. The molecule has 3 heteroatoms.